The number of hydrogen-bond donors (Lipinski definition) is 2. The van der Waals surface area contributed by atoms with E-state index >= 15 is 0 Å². The van der Waals surface area contributed by atoms with Gasteiger partial charge in [0.05, 0.1) is 33.3 Å². The van der Waals surface area contributed by atoms with Gasteiger partial charge in [-0.15, -0.1) is 0 Å². The minimum absolute atomic E-state index is 0.0146. The quantitative estimate of drug-likeness (QED) is 0.305. The summed E-state index contributed by atoms with van der Waals surface area (Å²) in [6, 6.07) is 4.96. The normalized spacial score (nSPS) is 32.1. The van der Waals surface area contributed by atoms with Gasteiger partial charge in [0.2, 0.25) is 11.8 Å². The van der Waals surface area contributed by atoms with Gasteiger partial charge in [-0.3, -0.25) is 19.3 Å². The largest absolute Gasteiger partial charge is 0.423 e. The first-order valence-corrected chi connectivity index (χ1v) is 12.9. The highest BCUT2D eigenvalue weighted by Crippen LogP contribution is 2.63. The van der Waals surface area contributed by atoms with Crippen LogP contribution in [0.15, 0.2) is 24.3 Å². The summed E-state index contributed by atoms with van der Waals surface area (Å²) in [5.41, 5.74) is -0.897. The first-order chi connectivity index (χ1) is 17.5. The molecule has 6 rings (SSSR count). The van der Waals surface area contributed by atoms with Crippen molar-refractivity contribution in [1.29, 1.82) is 0 Å². The van der Waals surface area contributed by atoms with Crippen molar-refractivity contribution in [2.45, 2.75) is 37.3 Å². The molecule has 2 N–H and O–H groups in total. The predicted octanol–water partition coefficient (Wildman–Crippen LogP) is 4.40. The number of halogens is 5. The number of aliphatic hydroxyl groups is 1. The number of aliphatic hydroxyl groups excluding tert-OH is 1. The molecule has 0 radical (unpaired) electrons. The Balaban J connectivity index is 1.57. The second-order valence-corrected chi connectivity index (χ2v) is 11.3. The molecule has 3 fully saturated rings. The first kappa shape index (κ1) is 25.2. The lowest BCUT2D eigenvalue weighted by atomic mass is 9.75. The van der Waals surface area contributed by atoms with E-state index in [4.69, 9.17) is 51.1 Å². The highest BCUT2D eigenvalue weighted by atomic mass is 35.5. The number of hydrogen-bond acceptors (Lipinski definition) is 7. The van der Waals surface area contributed by atoms with Gasteiger partial charge in [0.1, 0.15) is 17.9 Å². The van der Waals surface area contributed by atoms with Crippen molar-refractivity contribution in [3.63, 3.8) is 0 Å². The SMILES string of the molecule is CC(=O)Oc1c(Cl)cc(Cl)cc1N1C(=O)C2C3C[C@H](F)CN3C3(c4cc(Cl)cc(Cl)c4NC3O)C2C1=O. The standard InChI is InChI=1S/C24H18Cl4FN3O5/c1-8(33)37-20-14(28)4-10(26)5-16(20)32-21(34)17-15-6-11(29)7-31(15)24(18(17)22(32)35)12-2-9(25)3-13(27)19(12)30-23(24)36/h2-5,11,15,17-18,23,30,36H,6-7H2,1H3/t11-,15?,17?,18?,23?,24?/m0/s1. The van der Waals surface area contributed by atoms with Crippen molar-refractivity contribution in [3.8, 4) is 5.75 Å². The number of carbonyl (C=O) groups excluding carboxylic acids is 3. The molecule has 0 aliphatic carbocycles. The fraction of sp³-hybridized carbons (Fsp3) is 0.375. The number of nitrogens with zero attached hydrogens (tertiary/aromatic N) is 2. The Morgan fingerprint density at radius 2 is 1.78 bits per heavy atom. The zero-order valence-corrected chi connectivity index (χ0v) is 22.0. The van der Waals surface area contributed by atoms with Gasteiger partial charge in [0.25, 0.3) is 0 Å². The Bertz CT molecular complexity index is 1410. The fourth-order valence-corrected chi connectivity index (χ4v) is 7.64. The summed E-state index contributed by atoms with van der Waals surface area (Å²) in [6.45, 7) is 1.05. The van der Waals surface area contributed by atoms with Crippen LogP contribution >= 0.6 is 46.4 Å². The average molecular weight is 589 g/mol. The van der Waals surface area contributed by atoms with Gasteiger partial charge < -0.3 is 15.2 Å². The number of imide groups is 1. The van der Waals surface area contributed by atoms with Crippen molar-refractivity contribution < 1.29 is 28.6 Å². The van der Waals surface area contributed by atoms with Crippen molar-refractivity contribution in [2.24, 2.45) is 11.8 Å². The minimum atomic E-state index is -1.54. The number of nitrogens with one attached hydrogen (secondary N) is 1. The third-order valence-electron chi connectivity index (χ3n) is 7.67. The van der Waals surface area contributed by atoms with Crippen LogP contribution < -0.4 is 15.0 Å². The van der Waals surface area contributed by atoms with E-state index < -0.39 is 53.6 Å². The Morgan fingerprint density at radius 1 is 1.11 bits per heavy atom. The number of rotatable bonds is 2. The highest BCUT2D eigenvalue weighted by molar-refractivity contribution is 6.38. The molecule has 194 valence electrons. The Kier molecular flexibility index (Phi) is 5.73. The van der Waals surface area contributed by atoms with Gasteiger partial charge in [-0.05, 0) is 30.7 Å². The molecule has 2 aromatic carbocycles. The van der Waals surface area contributed by atoms with Crippen LogP contribution in [0, 0.1) is 11.8 Å². The van der Waals surface area contributed by atoms with Gasteiger partial charge >= 0.3 is 5.97 Å². The van der Waals surface area contributed by atoms with Crippen LogP contribution in [0.5, 0.6) is 5.75 Å². The topological polar surface area (TPSA) is 99.2 Å². The van der Waals surface area contributed by atoms with Gasteiger partial charge in [-0.25, -0.2) is 9.29 Å². The Hall–Kier alpha value is -2.14. The molecule has 6 atom stereocenters. The van der Waals surface area contributed by atoms with E-state index in [0.717, 1.165) is 11.8 Å². The van der Waals surface area contributed by atoms with Crippen LogP contribution in [0.4, 0.5) is 15.8 Å². The summed E-state index contributed by atoms with van der Waals surface area (Å²) in [5, 5.41) is 14.8. The monoisotopic (exact) mass is 587 g/mol. The number of alkyl halides is 1. The number of amides is 2. The molecule has 1 spiro atoms. The van der Waals surface area contributed by atoms with Gasteiger partial charge in [-0.1, -0.05) is 46.4 Å². The van der Waals surface area contributed by atoms with Gasteiger partial charge in [0.15, 0.2) is 5.75 Å². The third kappa shape index (κ3) is 3.31. The molecular formula is C24H18Cl4FN3O5. The molecule has 0 bridgehead atoms. The Morgan fingerprint density at radius 3 is 2.49 bits per heavy atom. The van der Waals surface area contributed by atoms with Crippen LogP contribution in [0.1, 0.15) is 18.9 Å². The van der Waals surface area contributed by atoms with E-state index in [0.29, 0.717) is 11.3 Å². The van der Waals surface area contributed by atoms with Crippen molar-refractivity contribution in [2.75, 3.05) is 16.8 Å². The molecule has 4 aliphatic heterocycles. The van der Waals surface area contributed by atoms with E-state index in [1.54, 1.807) is 11.0 Å². The molecule has 2 aromatic rings. The molecule has 0 saturated carbocycles. The lowest BCUT2D eigenvalue weighted by Crippen LogP contribution is -2.56. The first-order valence-electron chi connectivity index (χ1n) is 11.4. The number of anilines is 2. The second-order valence-electron chi connectivity index (χ2n) is 9.58. The second kappa shape index (κ2) is 8.43. The molecular weight excluding hydrogens is 571 g/mol. The van der Waals surface area contributed by atoms with Crippen molar-refractivity contribution >= 4 is 75.6 Å². The molecule has 3 saturated heterocycles. The molecule has 37 heavy (non-hydrogen) atoms. The number of fused-ring (bicyclic) bond motifs is 7. The van der Waals surface area contributed by atoms with Crippen molar-refractivity contribution in [1.82, 2.24) is 4.90 Å². The van der Waals surface area contributed by atoms with Crippen LogP contribution in [0.2, 0.25) is 20.1 Å². The lowest BCUT2D eigenvalue weighted by Gasteiger charge is -2.41. The smallest absolute Gasteiger partial charge is 0.308 e. The van der Waals surface area contributed by atoms with E-state index in [2.05, 4.69) is 5.32 Å². The Labute approximate surface area is 230 Å². The number of ether oxygens (including phenoxy) is 1. The van der Waals surface area contributed by atoms with Crippen molar-refractivity contribution in [3.05, 3.63) is 49.9 Å². The lowest BCUT2D eigenvalue weighted by molar-refractivity contribution is -0.132. The summed E-state index contributed by atoms with van der Waals surface area (Å²) >= 11 is 25.2. The molecule has 0 aromatic heterocycles. The highest BCUT2D eigenvalue weighted by Gasteiger charge is 2.75. The molecule has 5 unspecified atom stereocenters. The third-order valence-corrected chi connectivity index (χ3v) is 8.68. The summed E-state index contributed by atoms with van der Waals surface area (Å²) in [5.74, 6) is -4.42. The predicted molar refractivity (Wildman–Crippen MR) is 135 cm³/mol. The van der Waals surface area contributed by atoms with Crippen LogP contribution in [-0.4, -0.2) is 52.8 Å². The number of benzene rings is 2. The number of esters is 1. The summed E-state index contributed by atoms with van der Waals surface area (Å²) in [4.78, 5) is 42.5. The zero-order chi connectivity index (χ0) is 26.5. The van der Waals surface area contributed by atoms with Gasteiger partial charge in [-0.2, -0.15) is 0 Å². The van der Waals surface area contributed by atoms with Gasteiger partial charge in [0, 0.05) is 35.1 Å². The maximum Gasteiger partial charge on any atom is 0.308 e. The van der Waals surface area contributed by atoms with Crippen LogP contribution in [0.25, 0.3) is 0 Å². The molecule has 13 heteroatoms. The molecule has 4 heterocycles. The fourth-order valence-electron chi connectivity index (χ4n) is 6.57. The van der Waals surface area contributed by atoms with Crippen LogP contribution in [-0.2, 0) is 19.9 Å². The number of carbonyl (C=O) groups is 3. The summed E-state index contributed by atoms with van der Waals surface area (Å²) in [7, 11) is 0. The molecule has 4 aliphatic rings. The van der Waals surface area contributed by atoms with E-state index in [-0.39, 0.29) is 44.5 Å². The summed E-state index contributed by atoms with van der Waals surface area (Å²) < 4.78 is 20.1. The van der Waals surface area contributed by atoms with E-state index in [9.17, 15) is 23.9 Å². The van der Waals surface area contributed by atoms with Crippen LogP contribution in [0.3, 0.4) is 0 Å². The molecule has 2 amide bonds. The van der Waals surface area contributed by atoms with E-state index in [1.165, 1.54) is 18.2 Å². The maximum atomic E-state index is 14.9. The average Bonchev–Trinajstić information content (AvgIpc) is 3.46. The maximum absolute atomic E-state index is 14.9. The van der Waals surface area contributed by atoms with E-state index in [1.807, 2.05) is 0 Å². The minimum Gasteiger partial charge on any atom is -0.423 e. The summed E-state index contributed by atoms with van der Waals surface area (Å²) in [6.07, 6.45) is -2.71. The zero-order valence-electron chi connectivity index (χ0n) is 19.0. The molecule has 8 nitrogen and oxygen atoms in total.